The van der Waals surface area contributed by atoms with Gasteiger partial charge in [-0.05, 0) is 106 Å². The first-order valence-corrected chi connectivity index (χ1v) is 32.6. The lowest BCUT2D eigenvalue weighted by atomic mass is 9.92. The molecule has 0 unspecified atom stereocenters. The summed E-state index contributed by atoms with van der Waals surface area (Å²) in [4.78, 5) is 0. The van der Waals surface area contributed by atoms with Crippen LogP contribution >= 0.6 is 63.6 Å². The molecule has 462 valence electrons. The second-order valence-corrected chi connectivity index (χ2v) is 29.3. The summed E-state index contributed by atoms with van der Waals surface area (Å²) in [5.74, 6) is 2.13. The van der Waals surface area contributed by atoms with Gasteiger partial charge >= 0.3 is 17.2 Å². The summed E-state index contributed by atoms with van der Waals surface area (Å²) in [5.41, 5.74) is 2.54. The lowest BCUT2D eigenvalue weighted by Gasteiger charge is -2.35. The molecule has 0 bridgehead atoms. The zero-order valence-corrected chi connectivity index (χ0v) is 54.8. The van der Waals surface area contributed by atoms with Crippen LogP contribution in [0.1, 0.15) is 103 Å². The van der Waals surface area contributed by atoms with E-state index in [1.165, 1.54) is 0 Å². The van der Waals surface area contributed by atoms with E-state index < -0.39 is 42.4 Å². The van der Waals surface area contributed by atoms with Gasteiger partial charge in [-0.3, -0.25) is 0 Å². The molecule has 8 aromatic rings. The Morgan fingerprint density at radius 1 is 0.307 bits per heavy atom. The fraction of sp³-hybridized carbons (Fsp3) is 0.353. The molecule has 0 radical (unpaired) electrons. The Balaban J connectivity index is 0.998. The minimum atomic E-state index is -2.52. The normalized spacial score (nSPS) is 19.0. The minimum absolute atomic E-state index is 0.223. The summed E-state index contributed by atoms with van der Waals surface area (Å²) in [6.07, 6.45) is -3.28. The monoisotopic (exact) mass is 1310 g/mol. The average Bonchev–Trinajstić information content (AvgIpc) is 0.846. The van der Waals surface area contributed by atoms with Crippen molar-refractivity contribution in [3.63, 3.8) is 0 Å². The van der Waals surface area contributed by atoms with E-state index >= 15 is 0 Å². The van der Waals surface area contributed by atoms with E-state index in [0.29, 0.717) is 141 Å². The maximum absolute atomic E-state index is 7.34. The molecule has 4 aliphatic heterocycles. The molecule has 4 saturated heterocycles. The first-order chi connectivity index (χ1) is 42.1. The Morgan fingerprint density at radius 2 is 0.534 bits per heavy atom. The molecule has 4 fully saturated rings. The number of rotatable bonds is 17. The van der Waals surface area contributed by atoms with Crippen molar-refractivity contribution in [1.29, 1.82) is 0 Å². The van der Waals surface area contributed by atoms with E-state index in [9.17, 15) is 0 Å². The van der Waals surface area contributed by atoms with Gasteiger partial charge in [-0.25, -0.2) is 0 Å². The summed E-state index contributed by atoms with van der Waals surface area (Å²) in [7, 11) is -5.04. The Labute approximate surface area is 535 Å². The highest BCUT2D eigenvalue weighted by Crippen LogP contribution is 2.56. The highest BCUT2D eigenvalue weighted by Gasteiger charge is 2.39. The Kier molecular flexibility index (Phi) is 18.7. The van der Waals surface area contributed by atoms with E-state index in [2.05, 4.69) is 55.4 Å². The molecule has 88 heavy (non-hydrogen) atoms. The van der Waals surface area contributed by atoms with Gasteiger partial charge in [0.1, 0.15) is 34.5 Å². The number of hydrogen-bond donors (Lipinski definition) is 0. The summed E-state index contributed by atoms with van der Waals surface area (Å²) < 4.78 is 93.8. The van der Waals surface area contributed by atoms with Crippen molar-refractivity contribution in [2.75, 3.05) is 52.9 Å². The minimum Gasteiger partial charge on any atom is -0.408 e. The Morgan fingerprint density at radius 3 is 0.795 bits per heavy atom. The predicted octanol–water partition coefficient (Wildman–Crippen LogP) is 20.1. The van der Waals surface area contributed by atoms with Crippen LogP contribution in [0.4, 0.5) is 0 Å². The highest BCUT2D eigenvalue weighted by atomic mass is 35.5. The maximum atomic E-state index is 7.34. The van der Waals surface area contributed by atoms with Gasteiger partial charge in [0.15, 0.2) is 25.2 Å². The Hall–Kier alpha value is -5.22. The SMILES string of the molecule is CC1(C)COC(c2cc(Cl)ccc2OP(Oc2ccc(Cl)cc2C2OCC(C)(C)CO2)Oc2ccc3ccccc3c2-c2c(OP(Oc3ccc(Cl)cc3C3OCC(C)(C)CO3)Oc3ccc(Cl)cc3C3OCC(C)(C)CO3)ccc3ccccc23)OC1. The third-order valence-electron chi connectivity index (χ3n) is 15.0. The number of fused-ring (bicyclic) bond motifs is 2. The van der Waals surface area contributed by atoms with Crippen LogP contribution in [0.25, 0.3) is 32.7 Å². The number of hydrogen-bond acceptors (Lipinski definition) is 14. The highest BCUT2D eigenvalue weighted by molar-refractivity contribution is 7.43. The fourth-order valence-electron chi connectivity index (χ4n) is 10.4. The second-order valence-electron chi connectivity index (χ2n) is 25.5. The van der Waals surface area contributed by atoms with Gasteiger partial charge in [0.25, 0.3) is 0 Å². The van der Waals surface area contributed by atoms with E-state index in [1.807, 2.05) is 72.8 Å². The van der Waals surface area contributed by atoms with Crippen LogP contribution in [0.5, 0.6) is 34.5 Å². The van der Waals surface area contributed by atoms with Crippen LogP contribution < -0.4 is 27.1 Å². The van der Waals surface area contributed by atoms with Crippen molar-refractivity contribution >= 4 is 85.2 Å². The van der Waals surface area contributed by atoms with Crippen LogP contribution in [0.15, 0.2) is 146 Å². The van der Waals surface area contributed by atoms with Crippen LogP contribution in [0.2, 0.25) is 20.1 Å². The molecule has 0 amide bonds. The molecule has 0 atom stereocenters. The van der Waals surface area contributed by atoms with Gasteiger partial charge in [-0.15, -0.1) is 0 Å². The average molecular weight is 1310 g/mol. The molecule has 0 saturated carbocycles. The topological polar surface area (TPSA) is 129 Å². The molecule has 8 aromatic carbocycles. The van der Waals surface area contributed by atoms with Gasteiger partial charge in [0.2, 0.25) is 0 Å². The molecule has 0 aliphatic carbocycles. The van der Waals surface area contributed by atoms with Gasteiger partial charge in [-0.2, -0.15) is 0 Å². The maximum Gasteiger partial charge on any atom is 0.530 e. The van der Waals surface area contributed by atoms with Crippen molar-refractivity contribution in [1.82, 2.24) is 0 Å². The molecule has 4 heterocycles. The smallest absolute Gasteiger partial charge is 0.408 e. The first kappa shape index (κ1) is 63.0. The van der Waals surface area contributed by atoms with E-state index in [1.54, 1.807) is 72.8 Å². The summed E-state index contributed by atoms with van der Waals surface area (Å²) in [6.45, 7) is 20.1. The van der Waals surface area contributed by atoms with E-state index in [0.717, 1.165) is 21.5 Å². The summed E-state index contributed by atoms with van der Waals surface area (Å²) in [6, 6.07) is 44.8. The molecular formula is C68H68Cl4O14P2. The lowest BCUT2D eigenvalue weighted by Crippen LogP contribution is -2.34. The lowest BCUT2D eigenvalue weighted by molar-refractivity contribution is -0.226. The van der Waals surface area contributed by atoms with Gasteiger partial charge in [0, 0.05) is 52.9 Å². The summed E-state index contributed by atoms with van der Waals surface area (Å²) >= 11 is 27.0. The number of halogens is 4. The largest absolute Gasteiger partial charge is 0.530 e. The standard InChI is InChI=1S/C68H68Cl4O14P2/c1-65(2)33-73-61(74-34-65)49-29-43(69)19-25-53(49)81-87(82-54-26-20-44(70)30-50(54)62-75-35-66(3,4)36-76-62)85-57-23-17-41-13-9-11-15-47(41)59(57)60-48-16-12-10-14-42(48)18-24-58(60)86-88(83-55-27-21-45(71)31-51(55)63-77-37-67(5,6)38-78-63)84-56-28-22-46(72)32-52(56)64-79-39-68(7,8)40-80-64/h9-32,61-64H,33-40H2,1-8H3. The van der Waals surface area contributed by atoms with E-state index in [-0.39, 0.29) is 21.7 Å². The van der Waals surface area contributed by atoms with Crippen molar-refractivity contribution in [3.8, 4) is 45.6 Å². The first-order valence-electron chi connectivity index (χ1n) is 28.9. The molecule has 20 heteroatoms. The molecule has 0 N–H and O–H groups in total. The van der Waals surface area contributed by atoms with Crippen molar-refractivity contribution in [2.45, 2.75) is 80.6 Å². The third-order valence-corrected chi connectivity index (χ3v) is 18.0. The van der Waals surface area contributed by atoms with Gasteiger partial charge < -0.3 is 65.0 Å². The van der Waals surface area contributed by atoms with Crippen molar-refractivity contribution in [2.24, 2.45) is 21.7 Å². The zero-order chi connectivity index (χ0) is 61.5. The fourth-order valence-corrected chi connectivity index (χ4v) is 13.3. The Bertz CT molecular complexity index is 3400. The van der Waals surface area contributed by atoms with Crippen molar-refractivity contribution < 1.29 is 65.0 Å². The zero-order valence-electron chi connectivity index (χ0n) is 49.9. The molecule has 0 aromatic heterocycles. The van der Waals surface area contributed by atoms with Crippen LogP contribution in [0.3, 0.4) is 0 Å². The quantitative estimate of drug-likeness (QED) is 0.0802. The molecule has 4 aliphatic rings. The molecule has 12 rings (SSSR count). The van der Waals surface area contributed by atoms with Gasteiger partial charge in [0.05, 0.1) is 75.1 Å². The summed E-state index contributed by atoms with van der Waals surface area (Å²) in [5, 5.41) is 5.22. The van der Waals surface area contributed by atoms with E-state index in [4.69, 9.17) is 111 Å². The molecule has 14 nitrogen and oxygen atoms in total. The van der Waals surface area contributed by atoms with Gasteiger partial charge in [-0.1, -0.05) is 162 Å². The van der Waals surface area contributed by atoms with Crippen LogP contribution in [0, 0.1) is 21.7 Å². The number of ether oxygens (including phenoxy) is 8. The number of benzene rings is 8. The van der Waals surface area contributed by atoms with Crippen LogP contribution in [-0.4, -0.2) is 52.9 Å². The van der Waals surface area contributed by atoms with Crippen molar-refractivity contribution in [3.05, 3.63) is 188 Å². The van der Waals surface area contributed by atoms with Crippen LogP contribution in [-0.2, 0) is 37.9 Å². The molecule has 0 spiro atoms. The second kappa shape index (κ2) is 26.2. The molecular weight excluding hydrogens is 1240 g/mol. The third kappa shape index (κ3) is 14.7. The predicted molar refractivity (Wildman–Crippen MR) is 344 cm³/mol.